The molecule has 3 aliphatic heterocycles. The molecule has 2 aromatic carbocycles. The van der Waals surface area contributed by atoms with E-state index in [2.05, 4.69) is 50.5 Å². The van der Waals surface area contributed by atoms with Crippen LogP contribution in [0.3, 0.4) is 0 Å². The maximum absolute atomic E-state index is 14.5. The molecule has 2 bridgehead atoms. The lowest BCUT2D eigenvalue weighted by molar-refractivity contribution is -0.144. The van der Waals surface area contributed by atoms with Crippen LogP contribution in [-0.2, 0) is 25.5 Å². The fourth-order valence-electron chi connectivity index (χ4n) is 8.06. The number of amides is 3. The lowest BCUT2D eigenvalue weighted by atomic mass is 9.73. The predicted molar refractivity (Wildman–Crippen MR) is 172 cm³/mol. The van der Waals surface area contributed by atoms with E-state index in [-0.39, 0.29) is 29.8 Å². The summed E-state index contributed by atoms with van der Waals surface area (Å²) in [6, 6.07) is 17.0. The molecule has 7 nitrogen and oxygen atoms in total. The largest absolute Gasteiger partial charge is 0.359 e. The van der Waals surface area contributed by atoms with E-state index < -0.39 is 29.6 Å². The van der Waals surface area contributed by atoms with E-state index >= 15 is 0 Å². The molecule has 1 saturated carbocycles. The van der Waals surface area contributed by atoms with Gasteiger partial charge < -0.3 is 20.3 Å². The van der Waals surface area contributed by atoms with Crippen LogP contribution in [0.15, 0.2) is 66.7 Å². The average molecular weight is 598 g/mol. The van der Waals surface area contributed by atoms with Gasteiger partial charge in [0.05, 0.1) is 17.9 Å². The van der Waals surface area contributed by atoms with Crippen LogP contribution in [0.1, 0.15) is 77.3 Å². The molecule has 4 aliphatic rings. The Morgan fingerprint density at radius 3 is 2.43 bits per heavy atom. The highest BCUT2D eigenvalue weighted by Gasteiger charge is 2.73. The third-order valence-electron chi connectivity index (χ3n) is 10.9. The van der Waals surface area contributed by atoms with Crippen LogP contribution in [-0.4, -0.2) is 52.5 Å². The summed E-state index contributed by atoms with van der Waals surface area (Å²) in [5, 5.41) is 6.41. The van der Waals surface area contributed by atoms with E-state index in [9.17, 15) is 14.4 Å². The van der Waals surface area contributed by atoms with Gasteiger partial charge in [-0.15, -0.1) is 0 Å². The number of likely N-dealkylation sites (tertiary alicyclic amines) is 1. The molecule has 2 aromatic rings. The zero-order valence-electron chi connectivity index (χ0n) is 26.7. The highest BCUT2D eigenvalue weighted by molar-refractivity contribution is 6.03. The first-order valence-corrected chi connectivity index (χ1v) is 16.5. The zero-order chi connectivity index (χ0) is 31.2. The summed E-state index contributed by atoms with van der Waals surface area (Å²) in [6.07, 6.45) is 7.89. The molecule has 234 valence electrons. The summed E-state index contributed by atoms with van der Waals surface area (Å²) < 4.78 is 6.60. The molecule has 3 fully saturated rings. The van der Waals surface area contributed by atoms with E-state index in [1.165, 1.54) is 11.1 Å². The average Bonchev–Trinajstić information content (AvgIpc) is 3.66. The maximum Gasteiger partial charge on any atom is 0.246 e. The van der Waals surface area contributed by atoms with Crippen LogP contribution in [0.2, 0.25) is 0 Å². The molecule has 1 spiro atoms. The summed E-state index contributed by atoms with van der Waals surface area (Å²) >= 11 is 0. The smallest absolute Gasteiger partial charge is 0.246 e. The second-order valence-electron chi connectivity index (χ2n) is 14.0. The minimum Gasteiger partial charge on any atom is -0.359 e. The van der Waals surface area contributed by atoms with Crippen molar-refractivity contribution in [2.45, 2.75) is 102 Å². The minimum absolute atomic E-state index is 0.0498. The van der Waals surface area contributed by atoms with Gasteiger partial charge in [-0.25, -0.2) is 0 Å². The lowest BCUT2D eigenvalue weighted by Crippen LogP contribution is -2.59. The standard InChI is InChI=1S/C37H47N3O4/c1-22(2)27-16-18-28(19-17-27)38-34(41)31-30-20-21-37(44-30)32(31)36(43)40(24(4)14-15-26-11-7-6-8-12-26)33(37)35(42)39-29-13-9-10-23(3)25(29)5/h6-8,11-12,16-25,29-33H,9-10,13-15H2,1-5H3,(H,38,41)(H,39,42). The molecule has 2 saturated heterocycles. The highest BCUT2D eigenvalue weighted by atomic mass is 16.5. The number of hydrogen-bond donors (Lipinski definition) is 2. The number of ether oxygens (including phenoxy) is 1. The Labute approximate surface area is 261 Å². The second-order valence-corrected chi connectivity index (χ2v) is 14.0. The van der Waals surface area contributed by atoms with Crippen molar-refractivity contribution in [2.75, 3.05) is 5.32 Å². The van der Waals surface area contributed by atoms with Gasteiger partial charge in [-0.1, -0.05) is 95.2 Å². The molecule has 0 aromatic heterocycles. The summed E-state index contributed by atoms with van der Waals surface area (Å²) in [7, 11) is 0. The fourth-order valence-corrected chi connectivity index (χ4v) is 8.06. The SMILES string of the molecule is CC(C)c1ccc(NC(=O)C2C3C=CC4(O3)C2C(=O)N(C(C)CCc2ccccc2)C4C(=O)NC2CCCC(C)C2C)cc1. The van der Waals surface area contributed by atoms with Crippen LogP contribution in [0.25, 0.3) is 0 Å². The number of anilines is 1. The third-order valence-corrected chi connectivity index (χ3v) is 10.9. The van der Waals surface area contributed by atoms with Gasteiger partial charge >= 0.3 is 0 Å². The number of fused-ring (bicyclic) bond motifs is 1. The molecular formula is C37H47N3O4. The van der Waals surface area contributed by atoms with Gasteiger partial charge in [0.25, 0.3) is 0 Å². The van der Waals surface area contributed by atoms with E-state index in [1.54, 1.807) is 4.90 Å². The zero-order valence-corrected chi connectivity index (χ0v) is 26.7. The molecule has 7 heteroatoms. The van der Waals surface area contributed by atoms with Crippen molar-refractivity contribution in [3.05, 3.63) is 77.9 Å². The van der Waals surface area contributed by atoms with Crippen molar-refractivity contribution < 1.29 is 19.1 Å². The molecule has 2 N–H and O–H groups in total. The molecular weight excluding hydrogens is 550 g/mol. The number of carbonyl (C=O) groups excluding carboxylic acids is 3. The molecule has 3 amide bonds. The summed E-state index contributed by atoms with van der Waals surface area (Å²) in [5.41, 5.74) is 1.90. The first-order valence-electron chi connectivity index (χ1n) is 16.5. The predicted octanol–water partition coefficient (Wildman–Crippen LogP) is 5.86. The normalized spacial score (nSPS) is 33.0. The van der Waals surface area contributed by atoms with Gasteiger partial charge in [-0.2, -0.15) is 0 Å². The molecule has 1 aliphatic carbocycles. The maximum atomic E-state index is 14.5. The van der Waals surface area contributed by atoms with Gasteiger partial charge in [0.15, 0.2) is 0 Å². The van der Waals surface area contributed by atoms with Crippen LogP contribution in [0.4, 0.5) is 5.69 Å². The Morgan fingerprint density at radius 2 is 1.73 bits per heavy atom. The van der Waals surface area contributed by atoms with Crippen molar-refractivity contribution in [1.82, 2.24) is 10.2 Å². The van der Waals surface area contributed by atoms with Crippen molar-refractivity contribution in [3.8, 4) is 0 Å². The van der Waals surface area contributed by atoms with Gasteiger partial charge in [-0.05, 0) is 67.2 Å². The molecule has 3 heterocycles. The van der Waals surface area contributed by atoms with Crippen LogP contribution >= 0.6 is 0 Å². The van der Waals surface area contributed by atoms with Crippen LogP contribution in [0, 0.1) is 23.7 Å². The van der Waals surface area contributed by atoms with E-state index in [4.69, 9.17) is 4.74 Å². The van der Waals surface area contributed by atoms with Gasteiger partial charge in [-0.3, -0.25) is 14.4 Å². The number of hydrogen-bond acceptors (Lipinski definition) is 4. The van der Waals surface area contributed by atoms with E-state index in [0.717, 1.165) is 25.7 Å². The van der Waals surface area contributed by atoms with Crippen LogP contribution in [0.5, 0.6) is 0 Å². The Kier molecular flexibility index (Phi) is 8.44. The highest BCUT2D eigenvalue weighted by Crippen LogP contribution is 2.56. The third kappa shape index (κ3) is 5.38. The fraction of sp³-hybridized carbons (Fsp3) is 0.541. The molecule has 0 radical (unpaired) electrons. The molecule has 9 atom stereocenters. The van der Waals surface area contributed by atoms with Crippen LogP contribution < -0.4 is 10.6 Å². The van der Waals surface area contributed by atoms with Gasteiger partial charge in [0.1, 0.15) is 11.6 Å². The Morgan fingerprint density at radius 1 is 1.00 bits per heavy atom. The molecule has 6 rings (SSSR count). The number of benzene rings is 2. The summed E-state index contributed by atoms with van der Waals surface area (Å²) in [5.74, 6) is -0.807. The minimum atomic E-state index is -1.17. The van der Waals surface area contributed by atoms with Gasteiger partial charge in [0.2, 0.25) is 17.7 Å². The topological polar surface area (TPSA) is 87.7 Å². The Hall–Kier alpha value is -3.45. The van der Waals surface area contributed by atoms with Crippen molar-refractivity contribution in [1.29, 1.82) is 0 Å². The Balaban J connectivity index is 1.28. The number of aryl methyl sites for hydroxylation is 1. The lowest BCUT2D eigenvalue weighted by Gasteiger charge is -2.39. The molecule has 9 unspecified atom stereocenters. The van der Waals surface area contributed by atoms with E-state index in [0.29, 0.717) is 29.9 Å². The Bertz CT molecular complexity index is 1410. The number of rotatable bonds is 9. The van der Waals surface area contributed by atoms with E-state index in [1.807, 2.05) is 61.5 Å². The van der Waals surface area contributed by atoms with Crippen molar-refractivity contribution in [2.24, 2.45) is 23.7 Å². The first-order chi connectivity index (χ1) is 21.1. The quantitative estimate of drug-likeness (QED) is 0.355. The molecule has 44 heavy (non-hydrogen) atoms. The summed E-state index contributed by atoms with van der Waals surface area (Å²) in [6.45, 7) is 10.7. The second kappa shape index (κ2) is 12.2. The van der Waals surface area contributed by atoms with Gasteiger partial charge in [0, 0.05) is 17.8 Å². The summed E-state index contributed by atoms with van der Waals surface area (Å²) in [4.78, 5) is 44.5. The first kappa shape index (κ1) is 30.6. The number of carbonyl (C=O) groups is 3. The number of nitrogens with zero attached hydrogens (tertiary/aromatic N) is 1. The van der Waals surface area contributed by atoms with Crippen molar-refractivity contribution >= 4 is 23.4 Å². The van der Waals surface area contributed by atoms with Crippen molar-refractivity contribution in [3.63, 3.8) is 0 Å². The number of nitrogens with one attached hydrogen (secondary N) is 2. The monoisotopic (exact) mass is 597 g/mol.